The third-order valence-corrected chi connectivity index (χ3v) is 9.82. The van der Waals surface area contributed by atoms with Gasteiger partial charge in [-0.2, -0.15) is 0 Å². The quantitative estimate of drug-likeness (QED) is 0.202. The highest BCUT2D eigenvalue weighted by molar-refractivity contribution is 6.12. The van der Waals surface area contributed by atoms with Crippen LogP contribution in [0.5, 0.6) is 0 Å². The number of rotatable bonds is 3. The van der Waals surface area contributed by atoms with Crippen LogP contribution in [0, 0.1) is 0 Å². The zero-order valence-corrected chi connectivity index (χ0v) is 24.9. The van der Waals surface area contributed by atoms with Gasteiger partial charge in [0.25, 0.3) is 0 Å². The fourth-order valence-electron chi connectivity index (χ4n) is 7.66. The second-order valence-corrected chi connectivity index (χ2v) is 12.6. The Morgan fingerprint density at radius 1 is 0.386 bits per heavy atom. The maximum Gasteiger partial charge on any atom is 0.0541 e. The molecule has 0 saturated carbocycles. The minimum Gasteiger partial charge on any atom is -0.309 e. The topological polar surface area (TPSA) is 4.93 Å². The van der Waals surface area contributed by atoms with Gasteiger partial charge in [-0.1, -0.05) is 135 Å². The first kappa shape index (κ1) is 25.1. The lowest BCUT2D eigenvalue weighted by molar-refractivity contribution is 0.660. The first-order valence-electron chi connectivity index (χ1n) is 15.5. The summed E-state index contributed by atoms with van der Waals surface area (Å²) in [5.74, 6) is 0. The monoisotopic (exact) mass is 561 g/mol. The Balaban J connectivity index is 1.25. The van der Waals surface area contributed by atoms with Crippen molar-refractivity contribution in [2.75, 3.05) is 0 Å². The van der Waals surface area contributed by atoms with Gasteiger partial charge in [0.15, 0.2) is 0 Å². The molecule has 9 rings (SSSR count). The predicted octanol–water partition coefficient (Wildman–Crippen LogP) is 11.6. The van der Waals surface area contributed by atoms with Gasteiger partial charge in [0.2, 0.25) is 0 Å². The summed E-state index contributed by atoms with van der Waals surface area (Å²) >= 11 is 0. The largest absolute Gasteiger partial charge is 0.309 e. The maximum atomic E-state index is 2.45. The van der Waals surface area contributed by atoms with Crippen LogP contribution >= 0.6 is 0 Å². The lowest BCUT2D eigenvalue weighted by Gasteiger charge is -2.21. The van der Waals surface area contributed by atoms with Gasteiger partial charge < -0.3 is 4.57 Å². The molecule has 1 aromatic heterocycles. The number of hydrogen-bond acceptors (Lipinski definition) is 0. The minimum absolute atomic E-state index is 0.0146. The van der Waals surface area contributed by atoms with E-state index in [0.717, 1.165) is 0 Å². The third-order valence-electron chi connectivity index (χ3n) is 9.82. The van der Waals surface area contributed by atoms with Crippen LogP contribution in [0.1, 0.15) is 25.0 Å². The molecule has 0 fully saturated rings. The van der Waals surface area contributed by atoms with E-state index >= 15 is 0 Å². The number of para-hydroxylation sites is 1. The average Bonchev–Trinajstić information content (AvgIpc) is 3.53. The zero-order valence-electron chi connectivity index (χ0n) is 24.9. The Morgan fingerprint density at radius 2 is 1.02 bits per heavy atom. The highest BCUT2D eigenvalue weighted by atomic mass is 15.0. The summed E-state index contributed by atoms with van der Waals surface area (Å²) in [4.78, 5) is 0. The summed E-state index contributed by atoms with van der Waals surface area (Å²) in [6.07, 6.45) is 0. The van der Waals surface area contributed by atoms with Crippen LogP contribution in [0.25, 0.3) is 71.6 Å². The van der Waals surface area contributed by atoms with Crippen molar-refractivity contribution in [3.05, 3.63) is 163 Å². The van der Waals surface area contributed by atoms with Gasteiger partial charge in [0, 0.05) is 21.6 Å². The highest BCUT2D eigenvalue weighted by Crippen LogP contribution is 2.49. The Labute approximate surface area is 257 Å². The Morgan fingerprint density at radius 3 is 1.89 bits per heavy atom. The first-order chi connectivity index (χ1) is 21.6. The smallest absolute Gasteiger partial charge is 0.0541 e. The Hall–Kier alpha value is -5.40. The molecule has 0 bridgehead atoms. The molecule has 0 saturated heterocycles. The highest BCUT2D eigenvalue weighted by Gasteiger charge is 2.35. The molecule has 0 aliphatic heterocycles. The zero-order chi connectivity index (χ0) is 29.4. The molecule has 0 N–H and O–H groups in total. The van der Waals surface area contributed by atoms with Crippen molar-refractivity contribution in [2.24, 2.45) is 0 Å². The number of aromatic nitrogens is 1. The fourth-order valence-corrected chi connectivity index (χ4v) is 7.66. The van der Waals surface area contributed by atoms with Gasteiger partial charge >= 0.3 is 0 Å². The lowest BCUT2D eigenvalue weighted by Crippen LogP contribution is -2.14. The predicted molar refractivity (Wildman–Crippen MR) is 187 cm³/mol. The van der Waals surface area contributed by atoms with Crippen molar-refractivity contribution in [2.45, 2.75) is 19.3 Å². The summed E-state index contributed by atoms with van der Waals surface area (Å²) in [6.45, 7) is 4.68. The van der Waals surface area contributed by atoms with Crippen LogP contribution in [0.4, 0.5) is 0 Å². The molecule has 1 heteroatoms. The van der Waals surface area contributed by atoms with Crippen LogP contribution in [-0.2, 0) is 5.41 Å². The molecular formula is C43H31N. The van der Waals surface area contributed by atoms with Gasteiger partial charge in [-0.25, -0.2) is 0 Å². The van der Waals surface area contributed by atoms with Gasteiger partial charge in [0.1, 0.15) is 0 Å². The van der Waals surface area contributed by atoms with Crippen molar-refractivity contribution in [3.63, 3.8) is 0 Å². The second kappa shape index (κ2) is 9.30. The number of benzene rings is 7. The van der Waals surface area contributed by atoms with E-state index in [4.69, 9.17) is 0 Å². The summed E-state index contributed by atoms with van der Waals surface area (Å²) < 4.78 is 2.45. The molecule has 7 aromatic carbocycles. The van der Waals surface area contributed by atoms with Crippen LogP contribution < -0.4 is 0 Å². The summed E-state index contributed by atoms with van der Waals surface area (Å²) in [5.41, 5.74) is 14.2. The van der Waals surface area contributed by atoms with E-state index in [9.17, 15) is 0 Å². The van der Waals surface area contributed by atoms with E-state index in [1.165, 1.54) is 82.8 Å². The van der Waals surface area contributed by atoms with Crippen molar-refractivity contribution < 1.29 is 0 Å². The summed E-state index contributed by atoms with van der Waals surface area (Å²) in [5, 5.41) is 5.06. The van der Waals surface area contributed by atoms with E-state index < -0.39 is 0 Å². The van der Waals surface area contributed by atoms with Crippen LogP contribution in [-0.4, -0.2) is 4.57 Å². The van der Waals surface area contributed by atoms with Crippen molar-refractivity contribution >= 4 is 32.6 Å². The molecule has 0 amide bonds. The standard InChI is InChI=1S/C43H31N/c1-43(2)38-18-10-8-15-33(38)36-26-29(20-23-39(36)43)30-21-24-42-37(27-30)35-17-9-11-19-40(35)44(42)41-25-22-31(28-12-4-3-5-13-28)32-14-6-7-16-34(32)41/h3-27H,1-2H3. The minimum atomic E-state index is 0.0146. The lowest BCUT2D eigenvalue weighted by atomic mass is 9.82. The van der Waals surface area contributed by atoms with E-state index in [1.54, 1.807) is 0 Å². The molecule has 1 heterocycles. The van der Waals surface area contributed by atoms with Crippen LogP contribution in [0.15, 0.2) is 152 Å². The Kier molecular flexibility index (Phi) is 5.31. The first-order valence-corrected chi connectivity index (χ1v) is 15.5. The van der Waals surface area contributed by atoms with Gasteiger partial charge in [-0.15, -0.1) is 0 Å². The van der Waals surface area contributed by atoms with Gasteiger partial charge in [0.05, 0.1) is 16.7 Å². The van der Waals surface area contributed by atoms with Crippen molar-refractivity contribution in [1.82, 2.24) is 4.57 Å². The van der Waals surface area contributed by atoms with E-state index in [1.807, 2.05) is 0 Å². The third kappa shape index (κ3) is 3.53. The van der Waals surface area contributed by atoms with Crippen molar-refractivity contribution in [1.29, 1.82) is 0 Å². The number of hydrogen-bond donors (Lipinski definition) is 0. The molecule has 208 valence electrons. The average molecular weight is 562 g/mol. The molecule has 0 unspecified atom stereocenters. The SMILES string of the molecule is CC1(C)c2ccccc2-c2cc(-c3ccc4c(c3)c3ccccc3n4-c3ccc(-c4ccccc4)c4ccccc34)ccc21. The normalized spacial score (nSPS) is 13.4. The van der Waals surface area contributed by atoms with Gasteiger partial charge in [-0.05, 0) is 80.2 Å². The second-order valence-electron chi connectivity index (χ2n) is 12.6. The molecule has 44 heavy (non-hydrogen) atoms. The number of fused-ring (bicyclic) bond motifs is 7. The fraction of sp³-hybridized carbons (Fsp3) is 0.0698. The molecule has 0 spiro atoms. The maximum absolute atomic E-state index is 2.45. The molecule has 1 aliphatic carbocycles. The molecular weight excluding hydrogens is 530 g/mol. The van der Waals surface area contributed by atoms with E-state index in [0.29, 0.717) is 0 Å². The van der Waals surface area contributed by atoms with Gasteiger partial charge in [-0.3, -0.25) is 0 Å². The Bertz CT molecular complexity index is 2410. The molecule has 0 atom stereocenters. The van der Waals surface area contributed by atoms with Crippen LogP contribution in [0.3, 0.4) is 0 Å². The summed E-state index contributed by atoms with van der Waals surface area (Å²) in [6, 6.07) is 55.9. The van der Waals surface area contributed by atoms with E-state index in [-0.39, 0.29) is 5.41 Å². The van der Waals surface area contributed by atoms with Crippen LogP contribution in [0.2, 0.25) is 0 Å². The molecule has 1 nitrogen and oxygen atoms in total. The molecule has 0 radical (unpaired) electrons. The number of nitrogens with zero attached hydrogens (tertiary/aromatic N) is 1. The molecule has 8 aromatic rings. The van der Waals surface area contributed by atoms with E-state index in [2.05, 4.69) is 170 Å². The summed E-state index contributed by atoms with van der Waals surface area (Å²) in [7, 11) is 0. The molecule has 1 aliphatic rings. The van der Waals surface area contributed by atoms with Crippen molar-refractivity contribution in [3.8, 4) is 39.1 Å².